The van der Waals surface area contributed by atoms with E-state index in [1.807, 2.05) is 30.4 Å². The molecule has 0 aromatic heterocycles. The summed E-state index contributed by atoms with van der Waals surface area (Å²) in [5.74, 6) is -0.309. The van der Waals surface area contributed by atoms with Crippen molar-refractivity contribution >= 4 is 5.97 Å². The Morgan fingerprint density at radius 1 is 1.33 bits per heavy atom. The lowest BCUT2D eigenvalue weighted by molar-refractivity contribution is 0.0600. The van der Waals surface area contributed by atoms with E-state index in [-0.39, 0.29) is 5.97 Å². The molecule has 0 unspecified atom stereocenters. The van der Waals surface area contributed by atoms with Crippen molar-refractivity contribution in [2.45, 2.75) is 6.54 Å². The number of nitrogens with zero attached hydrogens (tertiary/aromatic N) is 1. The second-order valence-electron chi connectivity index (χ2n) is 3.96. The van der Waals surface area contributed by atoms with Crippen molar-refractivity contribution in [3.05, 3.63) is 60.7 Å². The smallest absolute Gasteiger partial charge is 0.337 e. The average molecular weight is 245 g/mol. The minimum atomic E-state index is -0.309. The van der Waals surface area contributed by atoms with Crippen molar-refractivity contribution in [3.8, 4) is 0 Å². The normalized spacial score (nSPS) is 10.1. The van der Waals surface area contributed by atoms with E-state index in [9.17, 15) is 4.79 Å². The summed E-state index contributed by atoms with van der Waals surface area (Å²) >= 11 is 0. The van der Waals surface area contributed by atoms with Crippen molar-refractivity contribution < 1.29 is 9.53 Å². The van der Waals surface area contributed by atoms with Crippen molar-refractivity contribution in [2.24, 2.45) is 0 Å². The largest absolute Gasteiger partial charge is 0.465 e. The van der Waals surface area contributed by atoms with Crippen LogP contribution in [0.5, 0.6) is 0 Å². The summed E-state index contributed by atoms with van der Waals surface area (Å²) in [6.45, 7) is 9.79. The molecule has 0 atom stereocenters. The number of rotatable bonds is 7. The van der Waals surface area contributed by atoms with E-state index in [0.717, 1.165) is 25.2 Å². The lowest BCUT2D eigenvalue weighted by atomic mass is 10.1. The molecule has 0 bridgehead atoms. The maximum Gasteiger partial charge on any atom is 0.337 e. The van der Waals surface area contributed by atoms with Crippen molar-refractivity contribution in [1.82, 2.24) is 4.90 Å². The maximum atomic E-state index is 11.4. The van der Waals surface area contributed by atoms with E-state index in [0.29, 0.717) is 5.56 Å². The standard InChI is InChI=1S/C15H19NO2/c1-4-9-16(10-5-2)12-13-7-6-8-14(11-13)15(17)18-3/h4-8,11H,1-2,9-10,12H2,3H3. The van der Waals surface area contributed by atoms with Gasteiger partial charge in [0.15, 0.2) is 0 Å². The second kappa shape index (κ2) is 7.45. The molecule has 3 heteroatoms. The molecule has 1 rings (SSSR count). The molecule has 96 valence electrons. The van der Waals surface area contributed by atoms with E-state index in [1.54, 1.807) is 6.07 Å². The van der Waals surface area contributed by atoms with E-state index < -0.39 is 0 Å². The van der Waals surface area contributed by atoms with Gasteiger partial charge in [-0.2, -0.15) is 0 Å². The molecular formula is C15H19NO2. The lowest BCUT2D eigenvalue weighted by Gasteiger charge is -2.18. The first-order valence-corrected chi connectivity index (χ1v) is 5.82. The molecule has 0 N–H and O–H groups in total. The van der Waals surface area contributed by atoms with Gasteiger partial charge in [0.25, 0.3) is 0 Å². The lowest BCUT2D eigenvalue weighted by Crippen LogP contribution is -2.23. The van der Waals surface area contributed by atoms with Crippen LogP contribution in [0.25, 0.3) is 0 Å². The van der Waals surface area contributed by atoms with Crippen LogP contribution >= 0.6 is 0 Å². The summed E-state index contributed by atoms with van der Waals surface area (Å²) in [6, 6.07) is 7.46. The molecule has 0 amide bonds. The number of carbonyl (C=O) groups excluding carboxylic acids is 1. The molecule has 3 nitrogen and oxygen atoms in total. The van der Waals surface area contributed by atoms with Crippen LogP contribution in [0.15, 0.2) is 49.6 Å². The SMILES string of the molecule is C=CCN(CC=C)Cc1cccc(C(=O)OC)c1. The molecule has 0 spiro atoms. The predicted molar refractivity (Wildman–Crippen MR) is 73.5 cm³/mol. The Kier molecular flexibility index (Phi) is 5.88. The molecule has 0 fully saturated rings. The Hall–Kier alpha value is -1.87. The number of hydrogen-bond donors (Lipinski definition) is 0. The zero-order valence-corrected chi connectivity index (χ0v) is 10.8. The highest BCUT2D eigenvalue weighted by Crippen LogP contribution is 2.09. The fourth-order valence-electron chi connectivity index (χ4n) is 1.74. The van der Waals surface area contributed by atoms with Crippen LogP contribution in [0.3, 0.4) is 0 Å². The van der Waals surface area contributed by atoms with Crippen molar-refractivity contribution in [1.29, 1.82) is 0 Å². The quantitative estimate of drug-likeness (QED) is 0.546. The molecule has 0 heterocycles. The van der Waals surface area contributed by atoms with Crippen molar-refractivity contribution in [3.63, 3.8) is 0 Å². The Balaban J connectivity index is 2.79. The maximum absolute atomic E-state index is 11.4. The van der Waals surface area contributed by atoms with Crippen LogP contribution < -0.4 is 0 Å². The minimum Gasteiger partial charge on any atom is -0.465 e. The Morgan fingerprint density at radius 2 is 2.00 bits per heavy atom. The van der Waals surface area contributed by atoms with Gasteiger partial charge in [0.05, 0.1) is 12.7 Å². The molecule has 1 aromatic carbocycles. The number of esters is 1. The molecule has 0 aliphatic carbocycles. The van der Waals surface area contributed by atoms with Crippen LogP contribution in [-0.2, 0) is 11.3 Å². The zero-order valence-electron chi connectivity index (χ0n) is 10.8. The number of ether oxygens (including phenoxy) is 1. The third-order valence-corrected chi connectivity index (χ3v) is 2.53. The summed E-state index contributed by atoms with van der Waals surface area (Å²) in [7, 11) is 1.39. The molecule has 0 aliphatic heterocycles. The van der Waals surface area contributed by atoms with E-state index in [4.69, 9.17) is 4.74 Å². The topological polar surface area (TPSA) is 29.5 Å². The summed E-state index contributed by atoms with van der Waals surface area (Å²) in [6.07, 6.45) is 3.71. The summed E-state index contributed by atoms with van der Waals surface area (Å²) < 4.78 is 4.71. The Morgan fingerprint density at radius 3 is 2.56 bits per heavy atom. The Bertz CT molecular complexity index is 416. The first-order chi connectivity index (χ1) is 8.71. The second-order valence-corrected chi connectivity index (χ2v) is 3.96. The number of benzene rings is 1. The van der Waals surface area contributed by atoms with Crippen LogP contribution in [0.1, 0.15) is 15.9 Å². The molecule has 0 saturated heterocycles. The van der Waals surface area contributed by atoms with Gasteiger partial charge in [-0.15, -0.1) is 13.2 Å². The molecule has 18 heavy (non-hydrogen) atoms. The van der Waals surface area contributed by atoms with Gasteiger partial charge in [0.1, 0.15) is 0 Å². The van der Waals surface area contributed by atoms with Gasteiger partial charge < -0.3 is 4.74 Å². The van der Waals surface area contributed by atoms with Gasteiger partial charge in [-0.05, 0) is 17.7 Å². The van der Waals surface area contributed by atoms with Crippen molar-refractivity contribution in [2.75, 3.05) is 20.2 Å². The first kappa shape index (κ1) is 14.2. The highest BCUT2D eigenvalue weighted by molar-refractivity contribution is 5.89. The molecule has 0 radical (unpaired) electrons. The Labute approximate surface area is 108 Å². The summed E-state index contributed by atoms with van der Waals surface area (Å²) in [5.41, 5.74) is 1.65. The fourth-order valence-corrected chi connectivity index (χ4v) is 1.74. The molecular weight excluding hydrogens is 226 g/mol. The van der Waals surface area contributed by atoms with Crippen LogP contribution in [-0.4, -0.2) is 31.1 Å². The van der Waals surface area contributed by atoms with Crippen LogP contribution in [0.2, 0.25) is 0 Å². The van der Waals surface area contributed by atoms with E-state index in [2.05, 4.69) is 18.1 Å². The molecule has 1 aromatic rings. The molecule has 0 aliphatic rings. The highest BCUT2D eigenvalue weighted by Gasteiger charge is 2.07. The van der Waals surface area contributed by atoms with Gasteiger partial charge in [-0.3, -0.25) is 4.90 Å². The third kappa shape index (κ3) is 4.18. The number of methoxy groups -OCH3 is 1. The van der Waals surface area contributed by atoms with Gasteiger partial charge in [0.2, 0.25) is 0 Å². The zero-order chi connectivity index (χ0) is 13.4. The van der Waals surface area contributed by atoms with E-state index >= 15 is 0 Å². The van der Waals surface area contributed by atoms with Crippen LogP contribution in [0, 0.1) is 0 Å². The van der Waals surface area contributed by atoms with Crippen LogP contribution in [0.4, 0.5) is 0 Å². The first-order valence-electron chi connectivity index (χ1n) is 5.82. The predicted octanol–water partition coefficient (Wildman–Crippen LogP) is 2.65. The highest BCUT2D eigenvalue weighted by atomic mass is 16.5. The summed E-state index contributed by atoms with van der Waals surface area (Å²) in [4.78, 5) is 13.6. The van der Waals surface area contributed by atoms with Gasteiger partial charge >= 0.3 is 5.97 Å². The van der Waals surface area contributed by atoms with E-state index in [1.165, 1.54) is 7.11 Å². The third-order valence-electron chi connectivity index (χ3n) is 2.53. The average Bonchev–Trinajstić information content (AvgIpc) is 2.39. The number of carbonyl (C=O) groups is 1. The van der Waals surface area contributed by atoms with Gasteiger partial charge in [-0.25, -0.2) is 4.79 Å². The van der Waals surface area contributed by atoms with Gasteiger partial charge in [0, 0.05) is 19.6 Å². The summed E-state index contributed by atoms with van der Waals surface area (Å²) in [5, 5.41) is 0. The van der Waals surface area contributed by atoms with Gasteiger partial charge in [-0.1, -0.05) is 24.3 Å². The molecule has 0 saturated carbocycles. The fraction of sp³-hybridized carbons (Fsp3) is 0.267. The monoisotopic (exact) mass is 245 g/mol. The minimum absolute atomic E-state index is 0.309. The number of hydrogen-bond acceptors (Lipinski definition) is 3.